The van der Waals surface area contributed by atoms with Gasteiger partial charge in [0.25, 0.3) is 0 Å². The topological polar surface area (TPSA) is 83.8 Å². The molecule has 2 amide bonds. The zero-order valence-corrected chi connectivity index (χ0v) is 19.8. The SMILES string of the molecule is Cc1c(F)cccc1N/C(=N/C#N)N1CCN(C(=O)Nc2ccc(Cl)cc2)C(c2ccccc2)C1. The number of carbonyl (C=O) groups excluding carboxylic acids is 1. The lowest BCUT2D eigenvalue weighted by Crippen LogP contribution is -2.54. The Labute approximate surface area is 208 Å². The van der Waals surface area contributed by atoms with Gasteiger partial charge in [0.2, 0.25) is 12.2 Å². The maximum Gasteiger partial charge on any atom is 0.322 e. The van der Waals surface area contributed by atoms with Crippen molar-refractivity contribution in [1.29, 1.82) is 5.26 Å². The van der Waals surface area contributed by atoms with Gasteiger partial charge in [-0.15, -0.1) is 4.99 Å². The van der Waals surface area contributed by atoms with Crippen LogP contribution in [0.2, 0.25) is 5.02 Å². The van der Waals surface area contributed by atoms with Gasteiger partial charge in [0.1, 0.15) is 5.82 Å². The Bertz CT molecular complexity index is 1260. The second-order valence-corrected chi connectivity index (χ2v) is 8.51. The van der Waals surface area contributed by atoms with Crippen LogP contribution in [0.25, 0.3) is 0 Å². The summed E-state index contributed by atoms with van der Waals surface area (Å²) in [6.07, 6.45) is 1.83. The van der Waals surface area contributed by atoms with Gasteiger partial charge in [-0.05, 0) is 48.9 Å². The molecule has 3 aromatic rings. The number of rotatable bonds is 3. The average molecular weight is 491 g/mol. The van der Waals surface area contributed by atoms with Crippen LogP contribution in [0.15, 0.2) is 77.8 Å². The molecular weight excluding hydrogens is 467 g/mol. The van der Waals surface area contributed by atoms with Gasteiger partial charge >= 0.3 is 6.03 Å². The zero-order valence-electron chi connectivity index (χ0n) is 19.1. The molecule has 1 heterocycles. The Morgan fingerprint density at radius 1 is 1.06 bits per heavy atom. The molecule has 0 radical (unpaired) electrons. The van der Waals surface area contributed by atoms with Crippen LogP contribution in [0.3, 0.4) is 0 Å². The summed E-state index contributed by atoms with van der Waals surface area (Å²) in [5.74, 6) is -0.0444. The van der Waals surface area contributed by atoms with E-state index in [0.29, 0.717) is 47.6 Å². The number of amides is 2. The lowest BCUT2D eigenvalue weighted by atomic mass is 10.0. The van der Waals surface area contributed by atoms with Gasteiger partial charge in [-0.3, -0.25) is 0 Å². The van der Waals surface area contributed by atoms with E-state index in [4.69, 9.17) is 11.6 Å². The molecule has 0 spiro atoms. The van der Waals surface area contributed by atoms with Gasteiger partial charge in [0.05, 0.1) is 6.04 Å². The van der Waals surface area contributed by atoms with Crippen molar-refractivity contribution in [2.45, 2.75) is 13.0 Å². The van der Waals surface area contributed by atoms with Crippen LogP contribution in [-0.2, 0) is 0 Å². The molecule has 1 unspecified atom stereocenters. The number of piperazine rings is 1. The molecule has 1 fully saturated rings. The third-order valence-corrected chi connectivity index (χ3v) is 6.14. The minimum absolute atomic E-state index is 0.242. The average Bonchev–Trinajstić information content (AvgIpc) is 2.88. The number of nitrogens with one attached hydrogen (secondary N) is 2. The van der Waals surface area contributed by atoms with Crippen molar-refractivity contribution in [3.05, 3.63) is 94.8 Å². The highest BCUT2D eigenvalue weighted by Gasteiger charge is 2.33. The van der Waals surface area contributed by atoms with Crippen molar-refractivity contribution < 1.29 is 9.18 Å². The summed E-state index contributed by atoms with van der Waals surface area (Å²) >= 11 is 5.96. The summed E-state index contributed by atoms with van der Waals surface area (Å²) in [4.78, 5) is 20.9. The number of halogens is 2. The highest BCUT2D eigenvalue weighted by Crippen LogP contribution is 2.28. The molecule has 1 saturated heterocycles. The summed E-state index contributed by atoms with van der Waals surface area (Å²) in [7, 11) is 0. The summed E-state index contributed by atoms with van der Waals surface area (Å²) in [5.41, 5.74) is 2.54. The fraction of sp³-hybridized carbons (Fsp3) is 0.192. The molecule has 4 rings (SSSR count). The van der Waals surface area contributed by atoms with E-state index >= 15 is 0 Å². The molecule has 0 aromatic heterocycles. The fourth-order valence-electron chi connectivity index (χ4n) is 4.00. The van der Waals surface area contributed by atoms with Crippen LogP contribution >= 0.6 is 11.6 Å². The summed E-state index contributed by atoms with van der Waals surface area (Å²) in [5, 5.41) is 15.9. The van der Waals surface area contributed by atoms with E-state index in [1.807, 2.05) is 41.4 Å². The fourth-order valence-corrected chi connectivity index (χ4v) is 4.12. The largest absolute Gasteiger partial charge is 0.338 e. The molecule has 178 valence electrons. The van der Waals surface area contributed by atoms with E-state index in [1.54, 1.807) is 48.2 Å². The Morgan fingerprint density at radius 2 is 1.80 bits per heavy atom. The molecule has 1 aliphatic rings. The summed E-state index contributed by atoms with van der Waals surface area (Å²) in [6.45, 7) is 2.86. The number of carbonyl (C=O) groups is 1. The first kappa shape index (κ1) is 24.0. The predicted molar refractivity (Wildman–Crippen MR) is 136 cm³/mol. The lowest BCUT2D eigenvalue weighted by molar-refractivity contribution is 0.136. The van der Waals surface area contributed by atoms with E-state index in [9.17, 15) is 14.4 Å². The van der Waals surface area contributed by atoms with Crippen molar-refractivity contribution in [2.24, 2.45) is 4.99 Å². The molecule has 3 aromatic carbocycles. The molecule has 2 N–H and O–H groups in total. The van der Waals surface area contributed by atoms with Crippen LogP contribution < -0.4 is 10.6 Å². The van der Waals surface area contributed by atoms with E-state index < -0.39 is 0 Å². The normalized spacial score (nSPS) is 15.9. The number of urea groups is 1. The Morgan fingerprint density at radius 3 is 2.51 bits per heavy atom. The van der Waals surface area contributed by atoms with Crippen LogP contribution in [-0.4, -0.2) is 41.4 Å². The molecule has 0 saturated carbocycles. The van der Waals surface area contributed by atoms with Crippen molar-refractivity contribution in [2.75, 3.05) is 30.3 Å². The molecule has 9 heteroatoms. The van der Waals surface area contributed by atoms with Gasteiger partial charge in [0.15, 0.2) is 0 Å². The highest BCUT2D eigenvalue weighted by molar-refractivity contribution is 6.30. The van der Waals surface area contributed by atoms with Crippen molar-refractivity contribution in [3.63, 3.8) is 0 Å². The van der Waals surface area contributed by atoms with Gasteiger partial charge in [0, 0.05) is 41.6 Å². The standard InChI is InChI=1S/C26H24ClFN6O/c1-18-22(28)8-5-9-23(18)32-25(30-17-29)33-14-15-34(24(16-33)19-6-3-2-4-7-19)26(35)31-21-12-10-20(27)11-13-21/h2-13,24H,14-16H2,1H3,(H,30,32)(H,31,35). The van der Waals surface area contributed by atoms with Crippen LogP contribution in [0.5, 0.6) is 0 Å². The van der Waals surface area contributed by atoms with Gasteiger partial charge in [-0.2, -0.15) is 5.26 Å². The van der Waals surface area contributed by atoms with Crippen LogP contribution in [0.4, 0.5) is 20.6 Å². The first-order chi connectivity index (χ1) is 17.0. The van der Waals surface area contributed by atoms with Crippen molar-refractivity contribution in [1.82, 2.24) is 9.80 Å². The number of nitrogens with zero attached hydrogens (tertiary/aromatic N) is 4. The second kappa shape index (κ2) is 10.9. The van der Waals surface area contributed by atoms with E-state index in [0.717, 1.165) is 5.56 Å². The number of anilines is 2. The van der Waals surface area contributed by atoms with Gasteiger partial charge in [-0.25, -0.2) is 9.18 Å². The molecule has 35 heavy (non-hydrogen) atoms. The molecule has 7 nitrogen and oxygen atoms in total. The predicted octanol–water partition coefficient (Wildman–Crippen LogP) is 5.63. The smallest absolute Gasteiger partial charge is 0.322 e. The second-order valence-electron chi connectivity index (χ2n) is 8.08. The molecule has 1 aliphatic heterocycles. The Balaban J connectivity index is 1.58. The van der Waals surface area contributed by atoms with Crippen molar-refractivity contribution >= 4 is 35.0 Å². The maximum atomic E-state index is 14.1. The molecule has 0 aliphatic carbocycles. The third kappa shape index (κ3) is 5.70. The van der Waals surface area contributed by atoms with Gasteiger partial charge < -0.3 is 20.4 Å². The van der Waals surface area contributed by atoms with Crippen LogP contribution in [0, 0.1) is 24.2 Å². The minimum Gasteiger partial charge on any atom is -0.338 e. The minimum atomic E-state index is -0.350. The third-order valence-electron chi connectivity index (χ3n) is 5.89. The van der Waals surface area contributed by atoms with E-state index in [-0.39, 0.29) is 17.9 Å². The lowest BCUT2D eigenvalue weighted by Gasteiger charge is -2.42. The molecule has 0 bridgehead atoms. The van der Waals surface area contributed by atoms with Crippen LogP contribution in [0.1, 0.15) is 17.2 Å². The summed E-state index contributed by atoms with van der Waals surface area (Å²) in [6, 6.07) is 20.8. The quantitative estimate of drug-likeness (QED) is 0.283. The molecular formula is C26H24ClFN6O. The van der Waals surface area contributed by atoms with Crippen molar-refractivity contribution in [3.8, 4) is 6.19 Å². The monoisotopic (exact) mass is 490 g/mol. The van der Waals surface area contributed by atoms with Gasteiger partial charge in [-0.1, -0.05) is 48.0 Å². The number of nitriles is 1. The number of hydrogen-bond donors (Lipinski definition) is 2. The maximum absolute atomic E-state index is 14.1. The highest BCUT2D eigenvalue weighted by atomic mass is 35.5. The number of benzene rings is 3. The first-order valence-electron chi connectivity index (χ1n) is 11.1. The molecule has 1 atom stereocenters. The Hall–Kier alpha value is -4.09. The zero-order chi connectivity index (χ0) is 24.8. The van der Waals surface area contributed by atoms with E-state index in [1.165, 1.54) is 6.07 Å². The number of aliphatic imine (C=N–C) groups is 1. The van der Waals surface area contributed by atoms with E-state index in [2.05, 4.69) is 15.6 Å². The number of guanidine groups is 1. The number of hydrogen-bond acceptors (Lipinski definition) is 3. The summed E-state index contributed by atoms with van der Waals surface area (Å²) < 4.78 is 14.1. The first-order valence-corrected chi connectivity index (χ1v) is 11.5. The Kier molecular flexibility index (Phi) is 7.48.